The number of esters is 1. The van der Waals surface area contributed by atoms with Gasteiger partial charge in [-0.1, -0.05) is 37.3 Å². The number of hydrogen-bond acceptors (Lipinski definition) is 5. The molecule has 1 unspecified atom stereocenters. The summed E-state index contributed by atoms with van der Waals surface area (Å²) in [4.78, 5) is 50.2. The van der Waals surface area contributed by atoms with Crippen molar-refractivity contribution in [2.24, 2.45) is 5.92 Å². The van der Waals surface area contributed by atoms with Gasteiger partial charge in [0.1, 0.15) is 6.04 Å². The van der Waals surface area contributed by atoms with Crippen molar-refractivity contribution in [3.05, 3.63) is 35.9 Å². The van der Waals surface area contributed by atoms with Gasteiger partial charge in [0.05, 0.1) is 0 Å². The van der Waals surface area contributed by atoms with E-state index >= 15 is 0 Å². The summed E-state index contributed by atoms with van der Waals surface area (Å²) >= 11 is 0. The van der Waals surface area contributed by atoms with Gasteiger partial charge in [0, 0.05) is 32.5 Å². The van der Waals surface area contributed by atoms with Crippen LogP contribution in [0.25, 0.3) is 0 Å². The van der Waals surface area contributed by atoms with Crippen LogP contribution in [0.3, 0.4) is 0 Å². The highest BCUT2D eigenvalue weighted by Gasteiger charge is 2.35. The van der Waals surface area contributed by atoms with Crippen LogP contribution in [0.1, 0.15) is 45.1 Å². The summed E-state index contributed by atoms with van der Waals surface area (Å²) in [7, 11) is 1.52. The van der Waals surface area contributed by atoms with Crippen LogP contribution in [-0.4, -0.2) is 60.9 Å². The lowest BCUT2D eigenvalue weighted by molar-refractivity contribution is -0.156. The summed E-state index contributed by atoms with van der Waals surface area (Å²) < 4.78 is 5.16. The second kappa shape index (κ2) is 12.1. The third kappa shape index (κ3) is 8.03. The molecule has 0 aromatic heterocycles. The van der Waals surface area contributed by atoms with Crippen molar-refractivity contribution < 1.29 is 23.9 Å². The molecule has 1 heterocycles. The van der Waals surface area contributed by atoms with Gasteiger partial charge in [0.15, 0.2) is 6.61 Å². The molecule has 1 aromatic rings. The van der Waals surface area contributed by atoms with Gasteiger partial charge in [-0.3, -0.25) is 14.4 Å². The first-order valence-electron chi connectivity index (χ1n) is 10.8. The number of carbonyl (C=O) groups excluding carboxylic acids is 4. The van der Waals surface area contributed by atoms with Gasteiger partial charge in [-0.15, -0.1) is 0 Å². The molecule has 2 rings (SSSR count). The van der Waals surface area contributed by atoms with E-state index in [-0.39, 0.29) is 30.2 Å². The number of likely N-dealkylation sites (tertiary alicyclic amines) is 1. The van der Waals surface area contributed by atoms with Crippen molar-refractivity contribution in [2.45, 2.75) is 58.0 Å². The molecule has 1 aliphatic rings. The van der Waals surface area contributed by atoms with E-state index in [9.17, 15) is 19.2 Å². The largest absolute Gasteiger partial charge is 0.454 e. The Kier molecular flexibility index (Phi) is 9.49. The first-order valence-corrected chi connectivity index (χ1v) is 10.8. The molecule has 3 atom stereocenters. The highest BCUT2D eigenvalue weighted by Crippen LogP contribution is 2.22. The highest BCUT2D eigenvalue weighted by molar-refractivity contribution is 5.87. The third-order valence-corrected chi connectivity index (χ3v) is 5.32. The van der Waals surface area contributed by atoms with Crippen LogP contribution in [-0.2, 0) is 30.3 Å². The molecule has 3 amide bonds. The summed E-state index contributed by atoms with van der Waals surface area (Å²) in [6.07, 6.45) is 2.56. The molecule has 1 aliphatic heterocycles. The topological polar surface area (TPSA) is 105 Å². The molecule has 0 aliphatic carbocycles. The van der Waals surface area contributed by atoms with Gasteiger partial charge in [0.25, 0.3) is 5.91 Å². The zero-order valence-corrected chi connectivity index (χ0v) is 18.6. The number of nitrogens with zero attached hydrogens (tertiary/aromatic N) is 1. The lowest BCUT2D eigenvalue weighted by atomic mass is 9.97. The predicted molar refractivity (Wildman–Crippen MR) is 116 cm³/mol. The summed E-state index contributed by atoms with van der Waals surface area (Å²) in [6, 6.07) is 8.98. The molecule has 0 bridgehead atoms. The summed E-state index contributed by atoms with van der Waals surface area (Å²) in [5.41, 5.74) is 1.18. The van der Waals surface area contributed by atoms with E-state index in [4.69, 9.17) is 4.74 Å². The molecule has 170 valence electrons. The van der Waals surface area contributed by atoms with Gasteiger partial charge in [0.2, 0.25) is 11.8 Å². The molecule has 1 fully saturated rings. The number of benzene rings is 1. The smallest absolute Gasteiger partial charge is 0.329 e. The minimum absolute atomic E-state index is 0.0634. The molecule has 2 N–H and O–H groups in total. The molecular formula is C23H33N3O5. The van der Waals surface area contributed by atoms with Crippen LogP contribution in [0.2, 0.25) is 0 Å². The zero-order chi connectivity index (χ0) is 22.8. The van der Waals surface area contributed by atoms with E-state index in [1.807, 2.05) is 37.3 Å². The van der Waals surface area contributed by atoms with Crippen molar-refractivity contribution in [1.29, 1.82) is 0 Å². The van der Waals surface area contributed by atoms with E-state index in [1.54, 1.807) is 11.8 Å². The Hall–Kier alpha value is -2.90. The predicted octanol–water partition coefficient (Wildman–Crippen LogP) is 1.43. The minimum atomic E-state index is -0.646. The minimum Gasteiger partial charge on any atom is -0.454 e. The summed E-state index contributed by atoms with van der Waals surface area (Å²) in [5, 5.41) is 5.10. The van der Waals surface area contributed by atoms with E-state index in [1.165, 1.54) is 12.6 Å². The molecule has 8 nitrogen and oxygen atoms in total. The van der Waals surface area contributed by atoms with E-state index in [2.05, 4.69) is 10.6 Å². The number of hydrogen-bond donors (Lipinski definition) is 2. The van der Waals surface area contributed by atoms with E-state index in [0.29, 0.717) is 19.4 Å². The van der Waals surface area contributed by atoms with E-state index in [0.717, 1.165) is 12.8 Å². The van der Waals surface area contributed by atoms with Crippen molar-refractivity contribution >= 4 is 23.7 Å². The maximum absolute atomic E-state index is 12.8. The first-order chi connectivity index (χ1) is 14.8. The number of nitrogens with one attached hydrogen (secondary N) is 2. The highest BCUT2D eigenvalue weighted by atomic mass is 16.5. The Morgan fingerprint density at radius 3 is 2.48 bits per heavy atom. The van der Waals surface area contributed by atoms with Gasteiger partial charge >= 0.3 is 5.97 Å². The van der Waals surface area contributed by atoms with Crippen molar-refractivity contribution in [3.8, 4) is 0 Å². The van der Waals surface area contributed by atoms with Gasteiger partial charge < -0.3 is 20.3 Å². The second-order valence-corrected chi connectivity index (χ2v) is 8.20. The zero-order valence-electron chi connectivity index (χ0n) is 18.6. The van der Waals surface area contributed by atoms with Crippen LogP contribution in [0.15, 0.2) is 30.3 Å². The van der Waals surface area contributed by atoms with Crippen LogP contribution < -0.4 is 10.6 Å². The lowest BCUT2D eigenvalue weighted by Crippen LogP contribution is -2.43. The normalized spacial score (nSPS) is 17.5. The fourth-order valence-electron chi connectivity index (χ4n) is 3.79. The monoisotopic (exact) mass is 431 g/mol. The molecular weight excluding hydrogens is 398 g/mol. The quantitative estimate of drug-likeness (QED) is 0.546. The van der Waals surface area contributed by atoms with Crippen molar-refractivity contribution in [1.82, 2.24) is 15.5 Å². The van der Waals surface area contributed by atoms with Crippen LogP contribution in [0, 0.1) is 5.92 Å². The number of carbonyl (C=O) groups is 4. The van der Waals surface area contributed by atoms with Crippen molar-refractivity contribution in [2.75, 3.05) is 20.2 Å². The summed E-state index contributed by atoms with van der Waals surface area (Å²) in [6.45, 7) is 3.81. The Morgan fingerprint density at radius 2 is 1.81 bits per heavy atom. The number of ether oxygens (including phenoxy) is 1. The van der Waals surface area contributed by atoms with Gasteiger partial charge in [-0.25, -0.2) is 4.79 Å². The number of rotatable bonds is 10. The third-order valence-electron chi connectivity index (χ3n) is 5.32. The Bertz CT molecular complexity index is 768. The molecule has 0 spiro atoms. The van der Waals surface area contributed by atoms with E-state index < -0.39 is 24.5 Å². The summed E-state index contributed by atoms with van der Waals surface area (Å²) in [5.74, 6) is -1.13. The number of amides is 3. The maximum atomic E-state index is 12.8. The molecule has 8 heteroatoms. The molecule has 1 aromatic carbocycles. The van der Waals surface area contributed by atoms with Crippen LogP contribution in [0.4, 0.5) is 0 Å². The average Bonchev–Trinajstić information content (AvgIpc) is 3.22. The average molecular weight is 432 g/mol. The molecule has 0 radical (unpaired) electrons. The maximum Gasteiger partial charge on any atom is 0.329 e. The Balaban J connectivity index is 1.79. The van der Waals surface area contributed by atoms with Gasteiger partial charge in [-0.05, 0) is 37.7 Å². The Morgan fingerprint density at radius 1 is 1.10 bits per heavy atom. The molecule has 0 saturated carbocycles. The van der Waals surface area contributed by atoms with Crippen LogP contribution in [0.5, 0.6) is 0 Å². The second-order valence-electron chi connectivity index (χ2n) is 8.20. The fraction of sp³-hybridized carbons (Fsp3) is 0.565. The first kappa shape index (κ1) is 24.4. The van der Waals surface area contributed by atoms with Gasteiger partial charge in [-0.2, -0.15) is 0 Å². The molecule has 1 saturated heterocycles. The SMILES string of the molecule is CNC(=O)C[C@H](C)NC(=O)COC(=O)[C@H]1CCCN1C(=O)CC(C)Cc1ccccc1. The lowest BCUT2D eigenvalue weighted by Gasteiger charge is -2.25. The fourth-order valence-corrected chi connectivity index (χ4v) is 3.79. The standard InChI is InChI=1S/C23H33N3O5/c1-16(12-18-8-5-4-6-9-18)13-22(29)26-11-7-10-19(26)23(30)31-15-21(28)25-17(2)14-20(27)24-3/h4-6,8-9,16-17,19H,7,10-15H2,1-3H3,(H,24,27)(H,25,28)/t16?,17-,19+/m0/s1. The van der Waals surface area contributed by atoms with Crippen LogP contribution >= 0.6 is 0 Å². The molecule has 31 heavy (non-hydrogen) atoms. The Labute approximate surface area is 183 Å². The van der Waals surface area contributed by atoms with Crippen molar-refractivity contribution in [3.63, 3.8) is 0 Å².